The second-order valence-electron chi connectivity index (χ2n) is 6.16. The molecule has 0 radical (unpaired) electrons. The third-order valence-corrected chi connectivity index (χ3v) is 3.89. The van der Waals surface area contributed by atoms with Crippen LogP contribution >= 0.6 is 0 Å². The van der Waals surface area contributed by atoms with Crippen LogP contribution in [-0.2, 0) is 11.3 Å². The number of rotatable bonds is 7. The minimum Gasteiger partial charge on any atom is -0.365 e. The predicted molar refractivity (Wildman–Crippen MR) is 108 cm³/mol. The van der Waals surface area contributed by atoms with E-state index >= 15 is 0 Å². The Morgan fingerprint density at radius 3 is 2.59 bits per heavy atom. The largest absolute Gasteiger partial charge is 0.365 e. The molecular formula is C20H19FN6O2. The predicted octanol–water partition coefficient (Wildman–Crippen LogP) is 3.03. The lowest BCUT2D eigenvalue weighted by Gasteiger charge is -2.12. The topological polar surface area (TPSA) is 122 Å². The summed E-state index contributed by atoms with van der Waals surface area (Å²) >= 11 is 0. The first-order valence-corrected chi connectivity index (χ1v) is 8.71. The number of nitrogens with one attached hydrogen (secondary N) is 3. The zero-order valence-electron chi connectivity index (χ0n) is 15.6. The molecule has 148 valence electrons. The summed E-state index contributed by atoms with van der Waals surface area (Å²) in [5.74, 6) is -1.19. The quantitative estimate of drug-likeness (QED) is 0.489. The van der Waals surface area contributed by atoms with Gasteiger partial charge in [0.05, 0.1) is 11.3 Å². The Kier molecular flexibility index (Phi) is 5.98. The molecule has 0 atom stereocenters. The lowest BCUT2D eigenvalue weighted by Crippen LogP contribution is -2.17. The summed E-state index contributed by atoms with van der Waals surface area (Å²) < 4.78 is 13.8. The van der Waals surface area contributed by atoms with Crippen molar-refractivity contribution >= 4 is 35.0 Å². The first-order valence-electron chi connectivity index (χ1n) is 8.71. The summed E-state index contributed by atoms with van der Waals surface area (Å²) in [6, 6.07) is 13.7. The molecule has 5 N–H and O–H groups in total. The maximum absolute atomic E-state index is 13.8. The first-order chi connectivity index (χ1) is 13.9. The number of nitrogens with two attached hydrogens (primary N) is 1. The highest BCUT2D eigenvalue weighted by atomic mass is 19.1. The summed E-state index contributed by atoms with van der Waals surface area (Å²) in [5.41, 5.74) is 7.03. The van der Waals surface area contributed by atoms with Crippen molar-refractivity contribution in [2.24, 2.45) is 5.73 Å². The lowest BCUT2D eigenvalue weighted by molar-refractivity contribution is -0.114. The van der Waals surface area contributed by atoms with E-state index in [-0.39, 0.29) is 23.0 Å². The van der Waals surface area contributed by atoms with Crippen molar-refractivity contribution in [2.45, 2.75) is 13.5 Å². The van der Waals surface area contributed by atoms with Crippen LogP contribution in [0.5, 0.6) is 0 Å². The van der Waals surface area contributed by atoms with Gasteiger partial charge in [-0.2, -0.15) is 4.98 Å². The van der Waals surface area contributed by atoms with E-state index < -0.39 is 17.6 Å². The zero-order valence-corrected chi connectivity index (χ0v) is 15.6. The van der Waals surface area contributed by atoms with Gasteiger partial charge in [0.25, 0.3) is 5.91 Å². The molecule has 0 aliphatic rings. The van der Waals surface area contributed by atoms with Gasteiger partial charge in [-0.05, 0) is 23.8 Å². The Labute approximate surface area is 166 Å². The Bertz CT molecular complexity index is 1040. The number of nitrogens with zero attached hydrogens (tertiary/aromatic N) is 2. The van der Waals surface area contributed by atoms with Crippen LogP contribution in [0, 0.1) is 5.82 Å². The van der Waals surface area contributed by atoms with Crippen LogP contribution in [0.3, 0.4) is 0 Å². The Balaban J connectivity index is 1.83. The highest BCUT2D eigenvalue weighted by Crippen LogP contribution is 2.23. The van der Waals surface area contributed by atoms with Gasteiger partial charge < -0.3 is 21.7 Å². The number of carbonyl (C=O) groups is 2. The number of aromatic nitrogens is 2. The molecule has 0 fully saturated rings. The van der Waals surface area contributed by atoms with Gasteiger partial charge in [0.1, 0.15) is 11.6 Å². The molecule has 0 aliphatic carbocycles. The van der Waals surface area contributed by atoms with Crippen molar-refractivity contribution in [1.82, 2.24) is 9.97 Å². The average Bonchev–Trinajstić information content (AvgIpc) is 2.69. The standard InChI is InChI=1S/C20H19FN6O2/c1-12(28)25-17-9-14(7-8-16(17)21)26-20-24-11-15(18(22)29)19(27-20)23-10-13-5-3-2-4-6-13/h2-9,11H,10H2,1H3,(H2,22,29)(H,25,28)(H2,23,24,26,27). The third-order valence-electron chi connectivity index (χ3n) is 3.89. The van der Waals surface area contributed by atoms with Crippen LogP contribution in [0.15, 0.2) is 54.7 Å². The molecule has 1 aromatic heterocycles. The van der Waals surface area contributed by atoms with E-state index in [1.165, 1.54) is 31.3 Å². The molecule has 0 bridgehead atoms. The molecule has 2 amide bonds. The molecule has 0 saturated carbocycles. The Hall–Kier alpha value is -4.01. The van der Waals surface area contributed by atoms with Crippen molar-refractivity contribution in [1.29, 1.82) is 0 Å². The number of halogens is 1. The van der Waals surface area contributed by atoms with E-state index in [4.69, 9.17) is 5.73 Å². The summed E-state index contributed by atoms with van der Waals surface area (Å²) in [5, 5.41) is 8.40. The minimum atomic E-state index is -0.665. The monoisotopic (exact) mass is 394 g/mol. The summed E-state index contributed by atoms with van der Waals surface area (Å²) in [4.78, 5) is 31.3. The summed E-state index contributed by atoms with van der Waals surface area (Å²) in [7, 11) is 0. The Morgan fingerprint density at radius 2 is 1.90 bits per heavy atom. The molecule has 8 nitrogen and oxygen atoms in total. The molecule has 3 aromatic rings. The van der Waals surface area contributed by atoms with Crippen LogP contribution in [-0.4, -0.2) is 21.8 Å². The second kappa shape index (κ2) is 8.79. The van der Waals surface area contributed by atoms with E-state index in [9.17, 15) is 14.0 Å². The molecule has 29 heavy (non-hydrogen) atoms. The smallest absolute Gasteiger partial charge is 0.254 e. The zero-order chi connectivity index (χ0) is 20.8. The highest BCUT2D eigenvalue weighted by Gasteiger charge is 2.13. The van der Waals surface area contributed by atoms with Gasteiger partial charge in [0.2, 0.25) is 11.9 Å². The fraction of sp³-hybridized carbons (Fsp3) is 0.100. The lowest BCUT2D eigenvalue weighted by atomic mass is 10.2. The van der Waals surface area contributed by atoms with Crippen LogP contribution in [0.4, 0.5) is 27.5 Å². The molecule has 3 rings (SSSR count). The van der Waals surface area contributed by atoms with Gasteiger partial charge in [0, 0.05) is 25.4 Å². The van der Waals surface area contributed by atoms with Crippen LogP contribution in [0.2, 0.25) is 0 Å². The molecule has 9 heteroatoms. The fourth-order valence-electron chi connectivity index (χ4n) is 2.56. The van der Waals surface area contributed by atoms with Crippen LogP contribution in [0.1, 0.15) is 22.8 Å². The van der Waals surface area contributed by atoms with E-state index in [0.29, 0.717) is 12.2 Å². The minimum absolute atomic E-state index is 0.0266. The van der Waals surface area contributed by atoms with E-state index in [2.05, 4.69) is 25.9 Å². The van der Waals surface area contributed by atoms with Gasteiger partial charge in [-0.15, -0.1) is 0 Å². The number of hydrogen-bond acceptors (Lipinski definition) is 6. The molecule has 0 aliphatic heterocycles. The number of amides is 2. The maximum atomic E-state index is 13.8. The molecule has 0 saturated heterocycles. The Morgan fingerprint density at radius 1 is 1.14 bits per heavy atom. The van der Waals surface area contributed by atoms with Gasteiger partial charge in [-0.1, -0.05) is 30.3 Å². The molecular weight excluding hydrogens is 375 g/mol. The van der Waals surface area contributed by atoms with Crippen LogP contribution < -0.4 is 21.7 Å². The number of benzene rings is 2. The molecule has 0 unspecified atom stereocenters. The van der Waals surface area contributed by atoms with E-state index in [0.717, 1.165) is 5.56 Å². The number of hydrogen-bond donors (Lipinski definition) is 4. The number of carbonyl (C=O) groups excluding carboxylic acids is 2. The number of anilines is 4. The number of primary amides is 1. The normalized spacial score (nSPS) is 10.3. The highest BCUT2D eigenvalue weighted by molar-refractivity contribution is 5.97. The van der Waals surface area contributed by atoms with Crippen molar-refractivity contribution < 1.29 is 14.0 Å². The van der Waals surface area contributed by atoms with Gasteiger partial charge in [-0.3, -0.25) is 9.59 Å². The third kappa shape index (κ3) is 5.25. The van der Waals surface area contributed by atoms with Crippen molar-refractivity contribution in [3.05, 3.63) is 71.7 Å². The van der Waals surface area contributed by atoms with E-state index in [1.807, 2.05) is 30.3 Å². The van der Waals surface area contributed by atoms with Crippen molar-refractivity contribution in [3.8, 4) is 0 Å². The summed E-state index contributed by atoms with van der Waals surface area (Å²) in [6.45, 7) is 1.72. The van der Waals surface area contributed by atoms with Crippen molar-refractivity contribution in [2.75, 3.05) is 16.0 Å². The maximum Gasteiger partial charge on any atom is 0.254 e. The van der Waals surface area contributed by atoms with Gasteiger partial charge in [0.15, 0.2) is 0 Å². The summed E-state index contributed by atoms with van der Waals surface area (Å²) in [6.07, 6.45) is 1.31. The molecule has 0 spiro atoms. The van der Waals surface area contributed by atoms with Gasteiger partial charge in [-0.25, -0.2) is 9.37 Å². The first kappa shape index (κ1) is 19.7. The molecule has 1 heterocycles. The van der Waals surface area contributed by atoms with Gasteiger partial charge >= 0.3 is 0 Å². The van der Waals surface area contributed by atoms with E-state index in [1.54, 1.807) is 0 Å². The fourth-order valence-corrected chi connectivity index (χ4v) is 2.56. The van der Waals surface area contributed by atoms with Crippen LogP contribution in [0.25, 0.3) is 0 Å². The van der Waals surface area contributed by atoms with Crippen molar-refractivity contribution in [3.63, 3.8) is 0 Å². The average molecular weight is 394 g/mol. The second-order valence-corrected chi connectivity index (χ2v) is 6.16. The SMILES string of the molecule is CC(=O)Nc1cc(Nc2ncc(C(N)=O)c(NCc3ccccc3)n2)ccc1F. The molecule has 2 aromatic carbocycles.